The van der Waals surface area contributed by atoms with Gasteiger partial charge >= 0.3 is 0 Å². The molecule has 0 aliphatic rings. The van der Waals surface area contributed by atoms with Crippen molar-refractivity contribution in [3.8, 4) is 11.8 Å². The zero-order chi connectivity index (χ0) is 12.1. The maximum Gasteiger partial charge on any atom is 0.120 e. The monoisotopic (exact) mass is 238 g/mol. The zero-order valence-electron chi connectivity index (χ0n) is 9.40. The van der Waals surface area contributed by atoms with Crippen LogP contribution in [0, 0.1) is 17.2 Å². The molecule has 16 heavy (non-hydrogen) atoms. The fourth-order valence-corrected chi connectivity index (χ4v) is 1.84. The van der Waals surface area contributed by atoms with Crippen LogP contribution in [-0.4, -0.2) is 7.11 Å². The van der Waals surface area contributed by atoms with Gasteiger partial charge < -0.3 is 10.5 Å². The van der Waals surface area contributed by atoms with Crippen molar-refractivity contribution in [1.29, 1.82) is 5.26 Å². The Bertz CT molecular complexity index is 400. The molecule has 1 aromatic rings. The molecule has 0 fully saturated rings. The summed E-state index contributed by atoms with van der Waals surface area (Å²) in [6.07, 6.45) is 0.708. The predicted molar refractivity (Wildman–Crippen MR) is 64.3 cm³/mol. The molecular formula is C12H15ClN2O. The van der Waals surface area contributed by atoms with Crippen molar-refractivity contribution in [2.75, 3.05) is 7.11 Å². The maximum absolute atomic E-state index is 8.95. The second-order valence-corrected chi connectivity index (χ2v) is 3.96. The molecule has 0 aliphatic carbocycles. The van der Waals surface area contributed by atoms with E-state index in [4.69, 9.17) is 27.3 Å². The molecule has 2 atom stereocenters. The Morgan fingerprint density at radius 1 is 1.56 bits per heavy atom. The molecule has 3 nitrogen and oxygen atoms in total. The van der Waals surface area contributed by atoms with E-state index in [0.29, 0.717) is 17.2 Å². The quantitative estimate of drug-likeness (QED) is 0.878. The number of hydrogen-bond acceptors (Lipinski definition) is 3. The van der Waals surface area contributed by atoms with Gasteiger partial charge in [-0.2, -0.15) is 5.26 Å². The van der Waals surface area contributed by atoms with Crippen molar-refractivity contribution in [2.24, 2.45) is 11.7 Å². The van der Waals surface area contributed by atoms with Crippen molar-refractivity contribution in [1.82, 2.24) is 0 Å². The van der Waals surface area contributed by atoms with Gasteiger partial charge in [0.2, 0.25) is 0 Å². The van der Waals surface area contributed by atoms with Gasteiger partial charge in [-0.1, -0.05) is 24.6 Å². The topological polar surface area (TPSA) is 59.0 Å². The Balaban J connectivity index is 3.00. The Kier molecular flexibility index (Phi) is 4.60. The minimum absolute atomic E-state index is 0.217. The van der Waals surface area contributed by atoms with E-state index in [2.05, 4.69) is 6.07 Å². The first kappa shape index (κ1) is 12.8. The number of methoxy groups -OCH3 is 1. The van der Waals surface area contributed by atoms with Gasteiger partial charge in [0.1, 0.15) is 5.75 Å². The summed E-state index contributed by atoms with van der Waals surface area (Å²) in [5.41, 5.74) is 6.79. The fraction of sp³-hybridized carbons (Fsp3) is 0.417. The summed E-state index contributed by atoms with van der Waals surface area (Å²) in [7, 11) is 1.58. The van der Waals surface area contributed by atoms with Crippen molar-refractivity contribution in [2.45, 2.75) is 19.4 Å². The standard InChI is InChI=1S/C12H15ClN2O/c1-3-8(7-14)12(15)10-5-4-9(16-2)6-11(10)13/h4-6,8,12H,3,15H2,1-2H3. The van der Waals surface area contributed by atoms with E-state index in [1.807, 2.05) is 13.0 Å². The van der Waals surface area contributed by atoms with E-state index < -0.39 is 0 Å². The van der Waals surface area contributed by atoms with Crippen LogP contribution in [0.25, 0.3) is 0 Å². The predicted octanol–water partition coefficient (Wildman–Crippen LogP) is 2.90. The third kappa shape index (κ3) is 2.66. The van der Waals surface area contributed by atoms with Crippen molar-refractivity contribution < 1.29 is 4.74 Å². The molecule has 0 aliphatic heterocycles. The van der Waals surface area contributed by atoms with Crippen LogP contribution < -0.4 is 10.5 Å². The molecule has 2 N–H and O–H groups in total. The van der Waals surface area contributed by atoms with Gasteiger partial charge in [-0.05, 0) is 24.1 Å². The number of nitrogens with two attached hydrogens (primary N) is 1. The molecule has 0 saturated carbocycles. The van der Waals surface area contributed by atoms with Crippen molar-refractivity contribution in [3.63, 3.8) is 0 Å². The highest BCUT2D eigenvalue weighted by atomic mass is 35.5. The van der Waals surface area contributed by atoms with E-state index in [9.17, 15) is 0 Å². The van der Waals surface area contributed by atoms with Gasteiger partial charge in [-0.15, -0.1) is 0 Å². The first-order valence-electron chi connectivity index (χ1n) is 5.12. The number of hydrogen-bond donors (Lipinski definition) is 1. The highest BCUT2D eigenvalue weighted by molar-refractivity contribution is 6.31. The molecule has 0 radical (unpaired) electrons. The van der Waals surface area contributed by atoms with Gasteiger partial charge in [-0.3, -0.25) is 0 Å². The zero-order valence-corrected chi connectivity index (χ0v) is 10.2. The number of halogens is 1. The lowest BCUT2D eigenvalue weighted by molar-refractivity contribution is 0.414. The molecule has 2 unspecified atom stereocenters. The van der Waals surface area contributed by atoms with E-state index in [0.717, 1.165) is 5.56 Å². The summed E-state index contributed by atoms with van der Waals surface area (Å²) in [5, 5.41) is 9.49. The van der Waals surface area contributed by atoms with E-state index in [1.165, 1.54) is 0 Å². The number of nitrogens with zero attached hydrogens (tertiary/aromatic N) is 1. The summed E-state index contributed by atoms with van der Waals surface area (Å²) in [6.45, 7) is 1.94. The smallest absolute Gasteiger partial charge is 0.120 e. The molecular weight excluding hydrogens is 224 g/mol. The molecule has 1 rings (SSSR count). The SMILES string of the molecule is CCC(C#N)C(N)c1ccc(OC)cc1Cl. The van der Waals surface area contributed by atoms with Crippen LogP contribution in [0.2, 0.25) is 5.02 Å². The molecule has 0 saturated heterocycles. The minimum Gasteiger partial charge on any atom is -0.497 e. The number of benzene rings is 1. The van der Waals surface area contributed by atoms with Crippen LogP contribution in [0.3, 0.4) is 0 Å². The van der Waals surface area contributed by atoms with Crippen LogP contribution in [0.4, 0.5) is 0 Å². The first-order valence-corrected chi connectivity index (χ1v) is 5.50. The van der Waals surface area contributed by atoms with Crippen LogP contribution in [0.1, 0.15) is 24.9 Å². The number of rotatable bonds is 4. The number of nitriles is 1. The Hall–Kier alpha value is -1.24. The van der Waals surface area contributed by atoms with Crippen LogP contribution in [-0.2, 0) is 0 Å². The van der Waals surface area contributed by atoms with Crippen LogP contribution >= 0.6 is 11.6 Å². The largest absolute Gasteiger partial charge is 0.497 e. The summed E-state index contributed by atoms with van der Waals surface area (Å²) in [5.74, 6) is 0.469. The lowest BCUT2D eigenvalue weighted by Gasteiger charge is -2.18. The number of ether oxygens (including phenoxy) is 1. The molecule has 0 bridgehead atoms. The summed E-state index contributed by atoms with van der Waals surface area (Å²) < 4.78 is 5.05. The lowest BCUT2D eigenvalue weighted by Crippen LogP contribution is -2.20. The molecule has 0 aromatic heterocycles. The average molecular weight is 239 g/mol. The Morgan fingerprint density at radius 3 is 2.69 bits per heavy atom. The fourth-order valence-electron chi connectivity index (χ4n) is 1.55. The molecule has 1 aromatic carbocycles. The highest BCUT2D eigenvalue weighted by Crippen LogP contribution is 2.30. The summed E-state index contributed by atoms with van der Waals surface area (Å²) in [4.78, 5) is 0. The molecule has 4 heteroatoms. The second-order valence-electron chi connectivity index (χ2n) is 3.56. The third-order valence-electron chi connectivity index (χ3n) is 2.61. The first-order chi connectivity index (χ1) is 7.63. The van der Waals surface area contributed by atoms with Crippen LogP contribution in [0.15, 0.2) is 18.2 Å². The minimum atomic E-state index is -0.353. The normalized spacial score (nSPS) is 13.9. The highest BCUT2D eigenvalue weighted by Gasteiger charge is 2.19. The average Bonchev–Trinajstić information content (AvgIpc) is 2.30. The Labute approximate surface area is 101 Å². The molecule has 86 valence electrons. The van der Waals surface area contributed by atoms with Gasteiger partial charge in [-0.25, -0.2) is 0 Å². The third-order valence-corrected chi connectivity index (χ3v) is 2.93. The van der Waals surface area contributed by atoms with Crippen LogP contribution in [0.5, 0.6) is 5.75 Å². The van der Waals surface area contributed by atoms with Gasteiger partial charge in [0, 0.05) is 11.1 Å². The lowest BCUT2D eigenvalue weighted by atomic mass is 9.93. The summed E-state index contributed by atoms with van der Waals surface area (Å²) in [6, 6.07) is 7.15. The Morgan fingerprint density at radius 2 is 2.25 bits per heavy atom. The maximum atomic E-state index is 8.95. The van der Waals surface area contributed by atoms with Gasteiger partial charge in [0.25, 0.3) is 0 Å². The molecule has 0 amide bonds. The summed E-state index contributed by atoms with van der Waals surface area (Å²) >= 11 is 6.09. The van der Waals surface area contributed by atoms with Crippen molar-refractivity contribution in [3.05, 3.63) is 28.8 Å². The van der Waals surface area contributed by atoms with E-state index in [1.54, 1.807) is 19.2 Å². The van der Waals surface area contributed by atoms with E-state index in [-0.39, 0.29) is 12.0 Å². The second kappa shape index (κ2) is 5.74. The van der Waals surface area contributed by atoms with Crippen molar-refractivity contribution >= 4 is 11.6 Å². The van der Waals surface area contributed by atoms with E-state index >= 15 is 0 Å². The van der Waals surface area contributed by atoms with Gasteiger partial charge in [0.15, 0.2) is 0 Å². The van der Waals surface area contributed by atoms with Gasteiger partial charge in [0.05, 0.1) is 19.1 Å². The molecule has 0 spiro atoms. The molecule has 0 heterocycles.